The second-order valence-corrected chi connectivity index (χ2v) is 7.96. The summed E-state index contributed by atoms with van der Waals surface area (Å²) < 4.78 is 1.65. The molecule has 0 aliphatic heterocycles. The number of rotatable bonds is 5. The van der Waals surface area contributed by atoms with Gasteiger partial charge >= 0.3 is 0 Å². The standard InChI is InChI=1S/C23H20N2O2S/c1-3-25-22(27)19-13-17-11-7-8-12-18(17)14-20(19)24-23(25)28-15(2)21(26)16-9-5-4-6-10-16/h4-15H,3H2,1-2H3. The maximum absolute atomic E-state index is 13.1. The summed E-state index contributed by atoms with van der Waals surface area (Å²) >= 11 is 1.33. The van der Waals surface area contributed by atoms with Crippen molar-refractivity contribution in [2.24, 2.45) is 0 Å². The average Bonchev–Trinajstić information content (AvgIpc) is 2.73. The number of aromatic nitrogens is 2. The highest BCUT2D eigenvalue weighted by atomic mass is 32.2. The van der Waals surface area contributed by atoms with Crippen LogP contribution in [0.1, 0.15) is 24.2 Å². The van der Waals surface area contributed by atoms with Crippen LogP contribution in [-0.2, 0) is 6.54 Å². The zero-order valence-corrected chi connectivity index (χ0v) is 16.6. The van der Waals surface area contributed by atoms with Gasteiger partial charge in [0.15, 0.2) is 10.9 Å². The van der Waals surface area contributed by atoms with Gasteiger partial charge in [-0.2, -0.15) is 0 Å². The van der Waals surface area contributed by atoms with E-state index >= 15 is 0 Å². The van der Waals surface area contributed by atoms with E-state index in [1.54, 1.807) is 4.57 Å². The van der Waals surface area contributed by atoms with Crippen molar-refractivity contribution in [1.82, 2.24) is 9.55 Å². The normalized spacial score (nSPS) is 12.4. The molecular formula is C23H20N2O2S. The predicted molar refractivity (Wildman–Crippen MR) is 115 cm³/mol. The molecule has 140 valence electrons. The molecule has 0 aliphatic carbocycles. The minimum Gasteiger partial charge on any atom is -0.293 e. The van der Waals surface area contributed by atoms with Gasteiger partial charge in [0, 0.05) is 12.1 Å². The van der Waals surface area contributed by atoms with Gasteiger partial charge in [0.05, 0.1) is 16.2 Å². The molecule has 1 heterocycles. The van der Waals surface area contributed by atoms with Crippen LogP contribution in [-0.4, -0.2) is 20.6 Å². The fraction of sp³-hybridized carbons (Fsp3) is 0.174. The molecule has 0 saturated carbocycles. The van der Waals surface area contributed by atoms with E-state index in [0.717, 1.165) is 10.8 Å². The van der Waals surface area contributed by atoms with Crippen molar-refractivity contribution < 1.29 is 4.79 Å². The lowest BCUT2D eigenvalue weighted by Gasteiger charge is -2.15. The molecule has 0 aliphatic rings. The molecule has 5 heteroatoms. The van der Waals surface area contributed by atoms with E-state index in [2.05, 4.69) is 0 Å². The van der Waals surface area contributed by atoms with Gasteiger partial charge in [0.2, 0.25) is 0 Å². The third-order valence-corrected chi connectivity index (χ3v) is 5.90. The van der Waals surface area contributed by atoms with E-state index in [0.29, 0.717) is 28.2 Å². The Hall–Kier alpha value is -2.92. The summed E-state index contributed by atoms with van der Waals surface area (Å²) in [4.78, 5) is 30.6. The van der Waals surface area contributed by atoms with E-state index in [1.807, 2.05) is 80.6 Å². The van der Waals surface area contributed by atoms with Crippen LogP contribution in [0.15, 0.2) is 76.7 Å². The number of thioether (sulfide) groups is 1. The Bertz CT molecular complexity index is 1230. The third kappa shape index (κ3) is 3.34. The van der Waals surface area contributed by atoms with Gasteiger partial charge in [-0.1, -0.05) is 66.4 Å². The number of nitrogens with zero attached hydrogens (tertiary/aromatic N) is 2. The van der Waals surface area contributed by atoms with E-state index in [9.17, 15) is 9.59 Å². The molecule has 0 saturated heterocycles. The van der Waals surface area contributed by atoms with Crippen LogP contribution in [0.5, 0.6) is 0 Å². The Morgan fingerprint density at radius 3 is 2.36 bits per heavy atom. The largest absolute Gasteiger partial charge is 0.293 e. The van der Waals surface area contributed by atoms with Crippen LogP contribution in [0.4, 0.5) is 0 Å². The molecule has 1 unspecified atom stereocenters. The van der Waals surface area contributed by atoms with Crippen LogP contribution in [0.2, 0.25) is 0 Å². The Kier molecular flexibility index (Phi) is 5.01. The fourth-order valence-corrected chi connectivity index (χ4v) is 4.35. The Morgan fingerprint density at radius 2 is 1.68 bits per heavy atom. The molecule has 1 atom stereocenters. The van der Waals surface area contributed by atoms with Crippen molar-refractivity contribution in [2.45, 2.75) is 30.8 Å². The highest BCUT2D eigenvalue weighted by Crippen LogP contribution is 2.26. The third-order valence-electron chi connectivity index (χ3n) is 4.81. The number of carbonyl (C=O) groups excluding carboxylic acids is 1. The predicted octanol–water partition coefficient (Wildman–Crippen LogP) is 4.93. The summed E-state index contributed by atoms with van der Waals surface area (Å²) in [5.74, 6) is 0.0288. The molecule has 0 bridgehead atoms. The first-order valence-corrected chi connectivity index (χ1v) is 10.2. The molecule has 4 rings (SSSR count). The average molecular weight is 388 g/mol. The summed E-state index contributed by atoms with van der Waals surface area (Å²) in [6, 6.07) is 21.0. The topological polar surface area (TPSA) is 52.0 Å². The minimum absolute atomic E-state index is 0.0288. The van der Waals surface area contributed by atoms with Crippen LogP contribution < -0.4 is 5.56 Å². The van der Waals surface area contributed by atoms with E-state index in [4.69, 9.17) is 4.98 Å². The van der Waals surface area contributed by atoms with Gasteiger partial charge < -0.3 is 0 Å². The first-order valence-electron chi connectivity index (χ1n) is 9.27. The molecule has 0 N–H and O–H groups in total. The van der Waals surface area contributed by atoms with Crippen LogP contribution in [0, 0.1) is 0 Å². The maximum atomic E-state index is 13.1. The summed E-state index contributed by atoms with van der Waals surface area (Å²) in [6.07, 6.45) is 0. The molecule has 4 aromatic rings. The molecular weight excluding hydrogens is 368 g/mol. The number of ketones is 1. The van der Waals surface area contributed by atoms with Crippen molar-refractivity contribution in [3.05, 3.63) is 82.6 Å². The number of hydrogen-bond donors (Lipinski definition) is 0. The van der Waals surface area contributed by atoms with Crippen molar-refractivity contribution in [1.29, 1.82) is 0 Å². The Labute approximate surface area is 167 Å². The minimum atomic E-state index is -0.343. The SMILES string of the molecule is CCn1c(SC(C)C(=O)c2ccccc2)nc2cc3ccccc3cc2c1=O. The van der Waals surface area contributed by atoms with Gasteiger partial charge in [-0.3, -0.25) is 14.2 Å². The smallest absolute Gasteiger partial charge is 0.262 e. The molecule has 28 heavy (non-hydrogen) atoms. The number of carbonyl (C=O) groups is 1. The van der Waals surface area contributed by atoms with Gasteiger partial charge in [0.25, 0.3) is 5.56 Å². The van der Waals surface area contributed by atoms with E-state index < -0.39 is 0 Å². The van der Waals surface area contributed by atoms with E-state index in [1.165, 1.54) is 11.8 Å². The molecule has 0 amide bonds. The quantitative estimate of drug-likeness (QED) is 0.210. The first kappa shape index (κ1) is 18.4. The summed E-state index contributed by atoms with van der Waals surface area (Å²) in [5, 5.41) is 2.90. The highest BCUT2D eigenvalue weighted by molar-refractivity contribution is 8.00. The van der Waals surface area contributed by atoms with Crippen molar-refractivity contribution in [3.63, 3.8) is 0 Å². The van der Waals surface area contributed by atoms with Gasteiger partial charge in [-0.05, 0) is 36.8 Å². The summed E-state index contributed by atoms with van der Waals surface area (Å²) in [7, 11) is 0. The van der Waals surface area contributed by atoms with Crippen molar-refractivity contribution in [3.8, 4) is 0 Å². The van der Waals surface area contributed by atoms with Gasteiger partial charge in [0.1, 0.15) is 0 Å². The van der Waals surface area contributed by atoms with Gasteiger partial charge in [-0.25, -0.2) is 4.98 Å². The van der Waals surface area contributed by atoms with Gasteiger partial charge in [-0.15, -0.1) is 0 Å². The molecule has 0 fully saturated rings. The monoisotopic (exact) mass is 388 g/mol. The van der Waals surface area contributed by atoms with Crippen molar-refractivity contribution in [2.75, 3.05) is 0 Å². The first-order chi connectivity index (χ1) is 13.6. The molecule has 0 radical (unpaired) electrons. The zero-order valence-electron chi connectivity index (χ0n) is 15.8. The number of benzene rings is 3. The second kappa shape index (κ2) is 7.60. The highest BCUT2D eigenvalue weighted by Gasteiger charge is 2.20. The lowest BCUT2D eigenvalue weighted by Crippen LogP contribution is -2.24. The molecule has 3 aromatic carbocycles. The number of hydrogen-bond acceptors (Lipinski definition) is 4. The molecule has 1 aromatic heterocycles. The van der Waals surface area contributed by atoms with Crippen LogP contribution >= 0.6 is 11.8 Å². The molecule has 4 nitrogen and oxygen atoms in total. The Balaban J connectivity index is 1.78. The maximum Gasteiger partial charge on any atom is 0.262 e. The second-order valence-electron chi connectivity index (χ2n) is 6.65. The lowest BCUT2D eigenvalue weighted by atomic mass is 10.1. The summed E-state index contributed by atoms with van der Waals surface area (Å²) in [5.41, 5.74) is 1.26. The Morgan fingerprint density at radius 1 is 1.04 bits per heavy atom. The summed E-state index contributed by atoms with van der Waals surface area (Å²) in [6.45, 7) is 4.28. The lowest BCUT2D eigenvalue weighted by molar-refractivity contribution is 0.0994. The fourth-order valence-electron chi connectivity index (χ4n) is 3.31. The molecule has 0 spiro atoms. The van der Waals surface area contributed by atoms with Crippen LogP contribution in [0.25, 0.3) is 21.7 Å². The zero-order chi connectivity index (χ0) is 19.7. The van der Waals surface area contributed by atoms with Crippen molar-refractivity contribution >= 4 is 39.2 Å². The van der Waals surface area contributed by atoms with Crippen LogP contribution in [0.3, 0.4) is 0 Å². The number of Topliss-reactive ketones (excluding diaryl/α,β-unsaturated/α-hetero) is 1. The number of fused-ring (bicyclic) bond motifs is 2. The van der Waals surface area contributed by atoms with E-state index in [-0.39, 0.29) is 16.6 Å².